The Bertz CT molecular complexity index is 981. The third-order valence-corrected chi connectivity index (χ3v) is 6.15. The van der Waals surface area contributed by atoms with Crippen LogP contribution in [0.1, 0.15) is 25.3 Å². The molecule has 13 heteroatoms. The lowest BCUT2D eigenvalue weighted by molar-refractivity contribution is -0.240. The van der Waals surface area contributed by atoms with Crippen molar-refractivity contribution in [3.05, 3.63) is 30.0 Å². The molecule has 1 unspecified atom stereocenters. The molecule has 1 saturated heterocycles. The highest BCUT2D eigenvalue weighted by Crippen LogP contribution is 2.34. The van der Waals surface area contributed by atoms with Crippen LogP contribution in [0.2, 0.25) is 0 Å². The molecule has 0 aromatic carbocycles. The number of sulfonamides is 1. The summed E-state index contributed by atoms with van der Waals surface area (Å²) in [5, 5.41) is 2.98. The van der Waals surface area contributed by atoms with Gasteiger partial charge in [0.2, 0.25) is 16.0 Å². The number of hydrogen-bond donors (Lipinski definition) is 3. The molecule has 0 radical (unpaired) electrons. The quantitative estimate of drug-likeness (QED) is 0.526. The lowest BCUT2D eigenvalue weighted by Gasteiger charge is -2.49. The van der Waals surface area contributed by atoms with Gasteiger partial charge in [0.1, 0.15) is 5.71 Å². The fourth-order valence-corrected chi connectivity index (χ4v) is 4.67. The zero-order valence-corrected chi connectivity index (χ0v) is 18.1. The first-order valence-electron chi connectivity index (χ1n) is 9.96. The van der Waals surface area contributed by atoms with E-state index in [0.29, 0.717) is 38.2 Å². The molecule has 11 nitrogen and oxygen atoms in total. The van der Waals surface area contributed by atoms with E-state index < -0.39 is 21.8 Å². The first kappa shape index (κ1) is 22.0. The van der Waals surface area contributed by atoms with E-state index in [1.54, 1.807) is 0 Å². The summed E-state index contributed by atoms with van der Waals surface area (Å²) in [4.78, 5) is 14.5. The van der Waals surface area contributed by atoms with Gasteiger partial charge in [-0.2, -0.15) is 0 Å². The average Bonchev–Trinajstić information content (AvgIpc) is 2.68. The molecule has 0 spiro atoms. The molecule has 1 aromatic heterocycles. The Labute approximate surface area is 180 Å². The van der Waals surface area contributed by atoms with Crippen LogP contribution in [0, 0.1) is 0 Å². The molecule has 4 N–H and O–H groups in total. The Kier molecular flexibility index (Phi) is 5.96. The first-order valence-corrected chi connectivity index (χ1v) is 11.9. The number of rotatable bonds is 6. The molecule has 2 fully saturated rings. The lowest BCUT2D eigenvalue weighted by atomic mass is 9.90. The van der Waals surface area contributed by atoms with E-state index in [1.807, 2.05) is 11.8 Å². The summed E-state index contributed by atoms with van der Waals surface area (Å²) in [6.07, 6.45) is 5.84. The first-order chi connectivity index (χ1) is 14.7. The topological polar surface area (TPSA) is 144 Å². The Morgan fingerprint density at radius 3 is 2.74 bits per heavy atom. The summed E-state index contributed by atoms with van der Waals surface area (Å²) < 4.78 is 52.1. The van der Waals surface area contributed by atoms with Gasteiger partial charge in [-0.15, -0.1) is 0 Å². The van der Waals surface area contributed by atoms with Crippen LogP contribution in [0.15, 0.2) is 29.4 Å². The van der Waals surface area contributed by atoms with Gasteiger partial charge in [-0.25, -0.2) is 37.4 Å². The third-order valence-electron chi connectivity index (χ3n) is 5.39. The van der Waals surface area contributed by atoms with Crippen molar-refractivity contribution < 1.29 is 22.3 Å². The maximum absolute atomic E-state index is 14.7. The molecule has 3 heterocycles. The molecule has 2 aliphatic heterocycles. The minimum Gasteiger partial charge on any atom is -0.378 e. The summed E-state index contributed by atoms with van der Waals surface area (Å²) in [5.41, 5.74) is 5.96. The number of morpholine rings is 1. The number of anilines is 1. The van der Waals surface area contributed by atoms with E-state index in [0.717, 1.165) is 6.26 Å². The van der Waals surface area contributed by atoms with Crippen LogP contribution in [-0.4, -0.2) is 79.2 Å². The molecule has 31 heavy (non-hydrogen) atoms. The van der Waals surface area contributed by atoms with Crippen molar-refractivity contribution in [1.82, 2.24) is 24.9 Å². The van der Waals surface area contributed by atoms with Crippen molar-refractivity contribution in [2.24, 2.45) is 4.99 Å². The Morgan fingerprint density at radius 2 is 2.10 bits per heavy atom. The largest absolute Gasteiger partial charge is 0.378 e. The highest BCUT2D eigenvalue weighted by molar-refractivity contribution is 7.88. The number of aromatic nitrogens is 2. The molecule has 1 saturated carbocycles. The molecule has 4 rings (SSSR count). The molecule has 170 valence electrons. The SMILES string of the molecule is C[C@H]1COCCN1C1(O[C@H]2C[C@H](NS(C)(=O)=O)C2)N=C(c2cnc(N)nc2)C(F)=CN1. The number of ether oxygens (including phenoxy) is 2. The van der Waals surface area contributed by atoms with Gasteiger partial charge in [-0.3, -0.25) is 0 Å². The standard InChI is InChI=1S/C18H26FN7O4S/c1-11-10-29-4-3-26(11)18(30-14-5-13(6-14)25-31(2,27)28)23-9-15(19)16(24-18)12-7-21-17(20)22-8-12/h7-9,11,13-14,23,25H,3-6,10H2,1-2H3,(H2,20,21,22)/t11-,13-,14-,18?/m0/s1. The highest BCUT2D eigenvalue weighted by atomic mass is 32.2. The summed E-state index contributed by atoms with van der Waals surface area (Å²) >= 11 is 0. The number of halogens is 1. The molecule has 1 aliphatic carbocycles. The monoisotopic (exact) mass is 455 g/mol. The highest BCUT2D eigenvalue weighted by Gasteiger charge is 2.48. The van der Waals surface area contributed by atoms with E-state index >= 15 is 0 Å². The summed E-state index contributed by atoms with van der Waals surface area (Å²) in [5.74, 6) is -1.89. The minimum absolute atomic E-state index is 0.0441. The van der Waals surface area contributed by atoms with E-state index in [4.69, 9.17) is 15.2 Å². The summed E-state index contributed by atoms with van der Waals surface area (Å²) in [6, 6.07) is -0.266. The molecule has 1 aromatic rings. The van der Waals surface area contributed by atoms with Gasteiger partial charge < -0.3 is 20.5 Å². The van der Waals surface area contributed by atoms with Gasteiger partial charge in [0.15, 0.2) is 5.83 Å². The van der Waals surface area contributed by atoms with Crippen LogP contribution in [0.25, 0.3) is 0 Å². The number of hydrogen-bond acceptors (Lipinski definition) is 10. The van der Waals surface area contributed by atoms with Crippen molar-refractivity contribution in [1.29, 1.82) is 0 Å². The van der Waals surface area contributed by atoms with Gasteiger partial charge in [0.05, 0.1) is 25.6 Å². The van der Waals surface area contributed by atoms with Crippen LogP contribution in [0.5, 0.6) is 0 Å². The fraction of sp³-hybridized carbons (Fsp3) is 0.611. The molecule has 3 aliphatic rings. The third kappa shape index (κ3) is 4.85. The number of nitrogens with two attached hydrogens (primary N) is 1. The number of nitrogen functional groups attached to an aromatic ring is 1. The second-order valence-corrected chi connectivity index (χ2v) is 9.73. The van der Waals surface area contributed by atoms with Crippen molar-refractivity contribution in [3.8, 4) is 0 Å². The predicted molar refractivity (Wildman–Crippen MR) is 111 cm³/mol. The Hall–Kier alpha value is -2.19. The molecule has 2 atom stereocenters. The number of nitrogens with zero attached hydrogens (tertiary/aromatic N) is 4. The van der Waals surface area contributed by atoms with Gasteiger partial charge in [0, 0.05) is 42.8 Å². The molecular formula is C18H26FN7O4S. The van der Waals surface area contributed by atoms with Crippen LogP contribution in [0.4, 0.5) is 10.3 Å². The normalized spacial score (nSPS) is 31.9. The second-order valence-electron chi connectivity index (χ2n) is 7.95. The van der Waals surface area contributed by atoms with Crippen LogP contribution in [0.3, 0.4) is 0 Å². The van der Waals surface area contributed by atoms with E-state index in [1.165, 1.54) is 18.6 Å². The molecule has 0 bridgehead atoms. The average molecular weight is 456 g/mol. The fourth-order valence-electron chi connectivity index (χ4n) is 3.87. The minimum atomic E-state index is -3.30. The van der Waals surface area contributed by atoms with Gasteiger partial charge in [-0.05, 0) is 19.8 Å². The number of aliphatic imine (C=N–C) groups is 1. The van der Waals surface area contributed by atoms with Crippen LogP contribution >= 0.6 is 0 Å². The van der Waals surface area contributed by atoms with Gasteiger partial charge in [0.25, 0.3) is 0 Å². The van der Waals surface area contributed by atoms with E-state index in [2.05, 4.69) is 25.0 Å². The van der Waals surface area contributed by atoms with E-state index in [9.17, 15) is 12.8 Å². The smallest absolute Gasteiger partial charge is 0.303 e. The number of nitrogens with one attached hydrogen (secondary N) is 2. The van der Waals surface area contributed by atoms with Gasteiger partial charge in [-0.1, -0.05) is 0 Å². The molecule has 0 amide bonds. The van der Waals surface area contributed by atoms with Crippen molar-refractivity contribution in [3.63, 3.8) is 0 Å². The number of allylic oxidation sites excluding steroid dienone is 1. The maximum atomic E-state index is 14.7. The zero-order chi connectivity index (χ0) is 22.2. The second kappa shape index (κ2) is 8.39. The van der Waals surface area contributed by atoms with Gasteiger partial charge >= 0.3 is 5.97 Å². The molecular weight excluding hydrogens is 429 g/mol. The lowest BCUT2D eigenvalue weighted by Crippen LogP contribution is -2.67. The van der Waals surface area contributed by atoms with E-state index in [-0.39, 0.29) is 29.8 Å². The summed E-state index contributed by atoms with van der Waals surface area (Å²) in [7, 11) is -3.30. The maximum Gasteiger partial charge on any atom is 0.303 e. The van der Waals surface area contributed by atoms with Crippen LogP contribution < -0.4 is 15.8 Å². The van der Waals surface area contributed by atoms with Crippen LogP contribution in [-0.2, 0) is 19.5 Å². The van der Waals surface area contributed by atoms with Crippen molar-refractivity contribution in [2.75, 3.05) is 31.7 Å². The Balaban J connectivity index is 1.62. The Morgan fingerprint density at radius 1 is 1.39 bits per heavy atom. The van der Waals surface area contributed by atoms with Crippen molar-refractivity contribution >= 4 is 21.7 Å². The zero-order valence-electron chi connectivity index (χ0n) is 17.3. The summed E-state index contributed by atoms with van der Waals surface area (Å²) in [6.45, 7) is 3.42. The predicted octanol–water partition coefficient (Wildman–Crippen LogP) is -0.309. The van der Waals surface area contributed by atoms with Crippen molar-refractivity contribution in [2.45, 2.75) is 43.9 Å².